The summed E-state index contributed by atoms with van der Waals surface area (Å²) in [7, 11) is 0. The Balaban J connectivity index is 2.08. The zero-order valence-corrected chi connectivity index (χ0v) is 14.5. The molecule has 1 amide bonds. The van der Waals surface area contributed by atoms with E-state index in [1.165, 1.54) is 0 Å². The Bertz CT molecular complexity index is 669. The normalized spacial score (nSPS) is 12.6. The third-order valence-corrected chi connectivity index (χ3v) is 3.70. The van der Waals surface area contributed by atoms with Crippen LogP contribution >= 0.6 is 0 Å². The second kappa shape index (κ2) is 6.86. The summed E-state index contributed by atoms with van der Waals surface area (Å²) in [5, 5.41) is 2.98. The lowest BCUT2D eigenvalue weighted by Crippen LogP contribution is -2.31. The lowest BCUT2D eigenvalue weighted by Gasteiger charge is -2.24. The zero-order chi connectivity index (χ0) is 17.0. The number of carbonyl (C=O) groups excluding carboxylic acids is 1. The number of carbonyl (C=O) groups is 1. The second-order valence-corrected chi connectivity index (χ2v) is 6.86. The highest BCUT2D eigenvalue weighted by atomic mass is 16.5. The molecule has 0 bridgehead atoms. The molecule has 1 atom stereocenters. The SMILES string of the molecule is Cc1ccc(O[C@@H](C)C(=O)Nc2ccccc2C(C)(C)C)cc1. The van der Waals surface area contributed by atoms with Gasteiger partial charge in [0.1, 0.15) is 5.75 Å². The molecule has 2 aromatic carbocycles. The Morgan fingerprint density at radius 2 is 1.65 bits per heavy atom. The summed E-state index contributed by atoms with van der Waals surface area (Å²) >= 11 is 0. The number of aryl methyl sites for hydroxylation is 1. The molecular weight excluding hydrogens is 286 g/mol. The van der Waals surface area contributed by atoms with Crippen molar-refractivity contribution in [1.82, 2.24) is 0 Å². The lowest BCUT2D eigenvalue weighted by molar-refractivity contribution is -0.122. The molecule has 0 heterocycles. The van der Waals surface area contributed by atoms with Gasteiger partial charge in [-0.25, -0.2) is 0 Å². The molecule has 3 nitrogen and oxygen atoms in total. The Hall–Kier alpha value is -2.29. The first kappa shape index (κ1) is 17.1. The predicted molar refractivity (Wildman–Crippen MR) is 95.0 cm³/mol. The van der Waals surface area contributed by atoms with Crippen LogP contribution in [0.5, 0.6) is 5.75 Å². The van der Waals surface area contributed by atoms with Crippen LogP contribution in [0.1, 0.15) is 38.8 Å². The largest absolute Gasteiger partial charge is 0.481 e. The van der Waals surface area contributed by atoms with Gasteiger partial charge in [0.2, 0.25) is 0 Å². The Morgan fingerprint density at radius 1 is 1.04 bits per heavy atom. The molecule has 23 heavy (non-hydrogen) atoms. The topological polar surface area (TPSA) is 38.3 Å². The van der Waals surface area contributed by atoms with Crippen LogP contribution in [-0.2, 0) is 10.2 Å². The van der Waals surface area contributed by atoms with Gasteiger partial charge < -0.3 is 10.1 Å². The molecular formula is C20H25NO2. The third kappa shape index (κ3) is 4.59. The number of rotatable bonds is 4. The molecule has 1 N–H and O–H groups in total. The molecule has 0 aliphatic rings. The lowest BCUT2D eigenvalue weighted by atomic mass is 9.86. The van der Waals surface area contributed by atoms with Crippen LogP contribution < -0.4 is 10.1 Å². The molecule has 0 spiro atoms. The zero-order valence-electron chi connectivity index (χ0n) is 14.5. The van der Waals surface area contributed by atoms with E-state index in [4.69, 9.17) is 4.74 Å². The van der Waals surface area contributed by atoms with E-state index in [0.29, 0.717) is 5.75 Å². The van der Waals surface area contributed by atoms with Crippen LogP contribution in [0.25, 0.3) is 0 Å². The second-order valence-electron chi connectivity index (χ2n) is 6.86. The number of amides is 1. The van der Waals surface area contributed by atoms with E-state index >= 15 is 0 Å². The van der Waals surface area contributed by atoms with Gasteiger partial charge in [0.15, 0.2) is 6.10 Å². The molecule has 0 radical (unpaired) electrons. The number of ether oxygens (including phenoxy) is 1. The van der Waals surface area contributed by atoms with Crippen LogP contribution in [0.2, 0.25) is 0 Å². The van der Waals surface area contributed by atoms with Gasteiger partial charge in [-0.1, -0.05) is 56.7 Å². The highest BCUT2D eigenvalue weighted by molar-refractivity contribution is 5.95. The van der Waals surface area contributed by atoms with Gasteiger partial charge in [-0.2, -0.15) is 0 Å². The van der Waals surface area contributed by atoms with Crippen molar-refractivity contribution >= 4 is 11.6 Å². The molecule has 0 saturated heterocycles. The van der Waals surface area contributed by atoms with Gasteiger partial charge in [-0.15, -0.1) is 0 Å². The van der Waals surface area contributed by atoms with E-state index in [0.717, 1.165) is 16.8 Å². The quantitative estimate of drug-likeness (QED) is 0.889. The maximum atomic E-state index is 12.4. The van der Waals surface area contributed by atoms with Gasteiger partial charge in [0.25, 0.3) is 5.91 Å². The molecule has 0 aromatic heterocycles. The van der Waals surface area contributed by atoms with Crippen molar-refractivity contribution in [3.05, 3.63) is 59.7 Å². The number of benzene rings is 2. The van der Waals surface area contributed by atoms with Crippen LogP contribution in [0.15, 0.2) is 48.5 Å². The van der Waals surface area contributed by atoms with Gasteiger partial charge in [0.05, 0.1) is 0 Å². The van der Waals surface area contributed by atoms with E-state index in [2.05, 4.69) is 26.1 Å². The third-order valence-electron chi connectivity index (χ3n) is 3.70. The van der Waals surface area contributed by atoms with Gasteiger partial charge in [-0.3, -0.25) is 4.79 Å². The molecule has 0 saturated carbocycles. The molecule has 0 fully saturated rings. The first-order valence-electron chi connectivity index (χ1n) is 7.91. The van der Waals surface area contributed by atoms with Crippen molar-refractivity contribution < 1.29 is 9.53 Å². The minimum absolute atomic E-state index is 0.0368. The molecule has 3 heteroatoms. The number of para-hydroxylation sites is 1. The summed E-state index contributed by atoms with van der Waals surface area (Å²) < 4.78 is 5.72. The minimum Gasteiger partial charge on any atom is -0.481 e. The van der Waals surface area contributed by atoms with Crippen LogP contribution in [-0.4, -0.2) is 12.0 Å². The molecule has 0 unspecified atom stereocenters. The van der Waals surface area contributed by atoms with E-state index in [-0.39, 0.29) is 11.3 Å². The van der Waals surface area contributed by atoms with Crippen molar-refractivity contribution in [2.45, 2.75) is 46.1 Å². The van der Waals surface area contributed by atoms with Gasteiger partial charge in [0, 0.05) is 5.69 Å². The number of hydrogen-bond donors (Lipinski definition) is 1. The summed E-state index contributed by atoms with van der Waals surface area (Å²) in [4.78, 5) is 12.4. The van der Waals surface area contributed by atoms with Gasteiger partial charge >= 0.3 is 0 Å². The van der Waals surface area contributed by atoms with E-state index in [1.807, 2.05) is 55.5 Å². The molecule has 2 rings (SSSR count). The van der Waals surface area contributed by atoms with Crippen molar-refractivity contribution in [3.63, 3.8) is 0 Å². The van der Waals surface area contributed by atoms with E-state index in [1.54, 1.807) is 6.92 Å². The fraction of sp³-hybridized carbons (Fsp3) is 0.350. The molecule has 2 aromatic rings. The summed E-state index contributed by atoms with van der Waals surface area (Å²) in [6.07, 6.45) is -0.564. The summed E-state index contributed by atoms with van der Waals surface area (Å²) in [6.45, 7) is 10.2. The first-order chi connectivity index (χ1) is 10.8. The maximum Gasteiger partial charge on any atom is 0.265 e. The van der Waals surface area contributed by atoms with Crippen molar-refractivity contribution in [1.29, 1.82) is 0 Å². The highest BCUT2D eigenvalue weighted by Gasteiger charge is 2.21. The average Bonchev–Trinajstić information content (AvgIpc) is 2.49. The smallest absolute Gasteiger partial charge is 0.265 e. The standard InChI is InChI=1S/C20H25NO2/c1-14-10-12-16(13-11-14)23-15(2)19(22)21-18-9-7-6-8-17(18)20(3,4)5/h6-13,15H,1-5H3,(H,21,22)/t15-/m0/s1. The van der Waals surface area contributed by atoms with Crippen molar-refractivity contribution in [3.8, 4) is 5.75 Å². The summed E-state index contributed by atoms with van der Waals surface area (Å²) in [5.41, 5.74) is 3.07. The van der Waals surface area contributed by atoms with Crippen LogP contribution in [0.3, 0.4) is 0 Å². The predicted octanol–water partition coefficient (Wildman–Crippen LogP) is 4.70. The minimum atomic E-state index is -0.564. The average molecular weight is 311 g/mol. The summed E-state index contributed by atoms with van der Waals surface area (Å²) in [6, 6.07) is 15.6. The fourth-order valence-corrected chi connectivity index (χ4v) is 2.35. The fourth-order valence-electron chi connectivity index (χ4n) is 2.35. The van der Waals surface area contributed by atoms with Crippen molar-refractivity contribution in [2.75, 3.05) is 5.32 Å². The van der Waals surface area contributed by atoms with Gasteiger partial charge in [-0.05, 0) is 43.0 Å². The van der Waals surface area contributed by atoms with Crippen molar-refractivity contribution in [2.24, 2.45) is 0 Å². The van der Waals surface area contributed by atoms with E-state index in [9.17, 15) is 4.79 Å². The number of nitrogens with one attached hydrogen (secondary N) is 1. The van der Waals surface area contributed by atoms with Crippen LogP contribution in [0.4, 0.5) is 5.69 Å². The monoisotopic (exact) mass is 311 g/mol. The Labute approximate surface area is 138 Å². The Kier molecular flexibility index (Phi) is 5.09. The molecule has 0 aliphatic heterocycles. The van der Waals surface area contributed by atoms with E-state index < -0.39 is 6.10 Å². The van der Waals surface area contributed by atoms with Crippen LogP contribution in [0, 0.1) is 6.92 Å². The Morgan fingerprint density at radius 3 is 2.26 bits per heavy atom. The molecule has 122 valence electrons. The first-order valence-corrected chi connectivity index (χ1v) is 7.91. The number of hydrogen-bond acceptors (Lipinski definition) is 2. The number of anilines is 1. The summed E-state index contributed by atoms with van der Waals surface area (Å²) in [5.74, 6) is 0.546. The maximum absolute atomic E-state index is 12.4. The molecule has 0 aliphatic carbocycles. The highest BCUT2D eigenvalue weighted by Crippen LogP contribution is 2.29.